The molecule has 3 unspecified atom stereocenters. The number of hydrogen-bond donors (Lipinski definition) is 0. The maximum atomic E-state index is 13.8. The molecule has 5 rings (SSSR count). The molecule has 2 aromatic heterocycles. The van der Waals surface area contributed by atoms with E-state index >= 15 is 0 Å². The zero-order valence-corrected chi connectivity index (χ0v) is 23.5. The van der Waals surface area contributed by atoms with E-state index in [0.29, 0.717) is 34.5 Å². The second-order valence-electron chi connectivity index (χ2n) is 11.1. The van der Waals surface area contributed by atoms with E-state index in [1.807, 2.05) is 30.9 Å². The van der Waals surface area contributed by atoms with Crippen molar-refractivity contribution < 1.29 is 9.53 Å². The second-order valence-corrected chi connectivity index (χ2v) is 12.1. The van der Waals surface area contributed by atoms with Crippen molar-refractivity contribution in [1.82, 2.24) is 24.2 Å². The minimum atomic E-state index is -0.600. The van der Waals surface area contributed by atoms with E-state index in [1.54, 1.807) is 15.4 Å². The van der Waals surface area contributed by atoms with Crippen LogP contribution in [0.1, 0.15) is 70.5 Å². The van der Waals surface area contributed by atoms with Gasteiger partial charge in [-0.25, -0.2) is 9.67 Å². The van der Waals surface area contributed by atoms with Gasteiger partial charge < -0.3 is 9.64 Å². The third kappa shape index (κ3) is 4.61. The van der Waals surface area contributed by atoms with Crippen LogP contribution in [0, 0.1) is 19.8 Å². The number of nitrogens with zero attached hydrogens (tertiary/aromatic N) is 5. The fourth-order valence-corrected chi connectivity index (χ4v) is 6.75. The molecule has 1 aromatic carbocycles. The third-order valence-corrected chi connectivity index (χ3v) is 8.85. The normalized spacial score (nSPS) is 23.4. The van der Waals surface area contributed by atoms with E-state index in [9.17, 15) is 9.59 Å². The first-order valence-electron chi connectivity index (χ1n) is 13.3. The van der Waals surface area contributed by atoms with Crippen LogP contribution in [0.5, 0.6) is 0 Å². The summed E-state index contributed by atoms with van der Waals surface area (Å²) in [6, 6.07) is 5.96. The van der Waals surface area contributed by atoms with Crippen LogP contribution < -0.4 is 5.56 Å². The number of benzene rings is 1. The summed E-state index contributed by atoms with van der Waals surface area (Å²) >= 11 is 1.53. The predicted octanol–water partition coefficient (Wildman–Crippen LogP) is 5.03. The molecule has 0 bridgehead atoms. The lowest BCUT2D eigenvalue weighted by molar-refractivity contribution is -0.151. The van der Waals surface area contributed by atoms with E-state index in [-0.39, 0.29) is 30.0 Å². The quantitative estimate of drug-likeness (QED) is 0.404. The number of fused-ring (bicyclic) bond motifs is 2. The van der Waals surface area contributed by atoms with E-state index < -0.39 is 5.72 Å². The summed E-state index contributed by atoms with van der Waals surface area (Å²) in [6.07, 6.45) is 4.50. The first-order valence-corrected chi connectivity index (χ1v) is 14.3. The van der Waals surface area contributed by atoms with E-state index in [2.05, 4.69) is 38.9 Å². The number of aryl methyl sites for hydroxylation is 2. The van der Waals surface area contributed by atoms with Crippen molar-refractivity contribution >= 4 is 28.7 Å². The second kappa shape index (κ2) is 9.91. The highest BCUT2D eigenvalue weighted by Gasteiger charge is 2.46. The van der Waals surface area contributed by atoms with Crippen LogP contribution in [0.25, 0.3) is 16.7 Å². The first-order chi connectivity index (χ1) is 17.6. The topological polar surface area (TPSA) is 82.2 Å². The molecule has 0 saturated carbocycles. The standard InChI is InChI=1S/C28H37N5O3S/c1-7-20-15-36-28(6,11-10-17(2)3)32(20)24(34)13-21-16-37-27-30-25-22(26(35)31(21)27)14-29-33(25)23-9-8-18(4)12-19(23)5/h8-9,12,14,17,20-21H,7,10-11,13,15-16H2,1-6H3. The molecular formula is C28H37N5O3S. The van der Waals surface area contributed by atoms with Crippen LogP contribution in [0.15, 0.2) is 34.3 Å². The summed E-state index contributed by atoms with van der Waals surface area (Å²) in [4.78, 5) is 34.2. The van der Waals surface area contributed by atoms with Gasteiger partial charge in [0.1, 0.15) is 11.1 Å². The molecule has 2 aliphatic heterocycles. The van der Waals surface area contributed by atoms with E-state index in [4.69, 9.17) is 9.72 Å². The van der Waals surface area contributed by atoms with Crippen molar-refractivity contribution in [3.05, 3.63) is 45.9 Å². The lowest BCUT2D eigenvalue weighted by Crippen LogP contribution is -2.50. The van der Waals surface area contributed by atoms with Crippen molar-refractivity contribution in [3.63, 3.8) is 0 Å². The third-order valence-electron chi connectivity index (χ3n) is 7.75. The van der Waals surface area contributed by atoms with Gasteiger partial charge in [-0.1, -0.05) is 50.2 Å². The van der Waals surface area contributed by atoms with Crippen LogP contribution in [0.3, 0.4) is 0 Å². The van der Waals surface area contributed by atoms with Crippen LogP contribution in [0.4, 0.5) is 0 Å². The molecule has 2 aliphatic rings. The number of hydrogen-bond acceptors (Lipinski definition) is 6. The van der Waals surface area contributed by atoms with Crippen molar-refractivity contribution in [2.24, 2.45) is 5.92 Å². The highest BCUT2D eigenvalue weighted by Crippen LogP contribution is 2.38. The number of carbonyl (C=O) groups excluding carboxylic acids is 1. The van der Waals surface area contributed by atoms with Gasteiger partial charge in [-0.3, -0.25) is 14.2 Å². The molecule has 198 valence electrons. The lowest BCUT2D eigenvalue weighted by Gasteiger charge is -2.37. The van der Waals surface area contributed by atoms with Gasteiger partial charge in [0.15, 0.2) is 10.8 Å². The number of aromatic nitrogens is 4. The Morgan fingerprint density at radius 1 is 1.27 bits per heavy atom. The van der Waals surface area contributed by atoms with Crippen LogP contribution in [0.2, 0.25) is 0 Å². The molecule has 4 heterocycles. The summed E-state index contributed by atoms with van der Waals surface area (Å²) in [5, 5.41) is 5.64. The van der Waals surface area contributed by atoms with Gasteiger partial charge in [-0.15, -0.1) is 0 Å². The Bertz CT molecular complexity index is 1400. The average Bonchev–Trinajstić information content (AvgIpc) is 3.54. The minimum absolute atomic E-state index is 0.0482. The molecule has 1 fully saturated rings. The van der Waals surface area contributed by atoms with Crippen molar-refractivity contribution in [2.45, 2.75) is 90.2 Å². The monoisotopic (exact) mass is 523 g/mol. The Morgan fingerprint density at radius 3 is 2.76 bits per heavy atom. The largest absolute Gasteiger partial charge is 0.354 e. The van der Waals surface area contributed by atoms with Gasteiger partial charge >= 0.3 is 0 Å². The van der Waals surface area contributed by atoms with E-state index in [0.717, 1.165) is 30.5 Å². The van der Waals surface area contributed by atoms with Crippen molar-refractivity contribution in [2.75, 3.05) is 12.4 Å². The summed E-state index contributed by atoms with van der Waals surface area (Å²) in [7, 11) is 0. The molecule has 0 N–H and O–H groups in total. The highest BCUT2D eigenvalue weighted by atomic mass is 32.2. The summed E-state index contributed by atoms with van der Waals surface area (Å²) in [5.74, 6) is 1.23. The van der Waals surface area contributed by atoms with E-state index in [1.165, 1.54) is 17.3 Å². The molecule has 0 radical (unpaired) electrons. The molecule has 3 aromatic rings. The fraction of sp³-hybridized carbons (Fsp3) is 0.571. The molecule has 0 aliphatic carbocycles. The molecule has 1 amide bonds. The van der Waals surface area contributed by atoms with Gasteiger partial charge in [-0.2, -0.15) is 5.10 Å². The van der Waals surface area contributed by atoms with Gasteiger partial charge in [0.2, 0.25) is 5.91 Å². The highest BCUT2D eigenvalue weighted by molar-refractivity contribution is 7.99. The zero-order chi connectivity index (χ0) is 26.5. The number of ether oxygens (including phenoxy) is 1. The molecule has 8 nitrogen and oxygen atoms in total. The summed E-state index contributed by atoms with van der Waals surface area (Å²) in [6.45, 7) is 13.2. The predicted molar refractivity (Wildman–Crippen MR) is 146 cm³/mol. The lowest BCUT2D eigenvalue weighted by atomic mass is 9.99. The zero-order valence-electron chi connectivity index (χ0n) is 22.7. The van der Waals surface area contributed by atoms with Crippen LogP contribution >= 0.6 is 11.8 Å². The van der Waals surface area contributed by atoms with Crippen molar-refractivity contribution in [1.29, 1.82) is 0 Å². The van der Waals surface area contributed by atoms with Crippen molar-refractivity contribution in [3.8, 4) is 5.69 Å². The molecular weight excluding hydrogens is 486 g/mol. The number of thioether (sulfide) groups is 1. The maximum absolute atomic E-state index is 13.8. The van der Waals surface area contributed by atoms with Crippen LogP contribution in [-0.4, -0.2) is 54.3 Å². The molecule has 3 atom stereocenters. The smallest absolute Gasteiger partial charge is 0.265 e. The van der Waals surface area contributed by atoms with Crippen LogP contribution in [-0.2, 0) is 9.53 Å². The average molecular weight is 524 g/mol. The molecule has 37 heavy (non-hydrogen) atoms. The Labute approximate surface area is 222 Å². The van der Waals surface area contributed by atoms with Gasteiger partial charge in [0, 0.05) is 12.2 Å². The number of rotatable bonds is 7. The minimum Gasteiger partial charge on any atom is -0.354 e. The first kappa shape index (κ1) is 26.0. The number of carbonyl (C=O) groups is 1. The summed E-state index contributed by atoms with van der Waals surface area (Å²) in [5.41, 5.74) is 2.98. The van der Waals surface area contributed by atoms with Gasteiger partial charge in [-0.05, 0) is 57.6 Å². The summed E-state index contributed by atoms with van der Waals surface area (Å²) < 4.78 is 9.67. The number of amides is 1. The van der Waals surface area contributed by atoms with Gasteiger partial charge in [0.05, 0.1) is 30.6 Å². The Kier molecular flexibility index (Phi) is 6.96. The fourth-order valence-electron chi connectivity index (χ4n) is 5.62. The Hall–Kier alpha value is -2.65. The SMILES string of the molecule is CCC1COC(C)(CCC(C)C)N1C(=O)CC1CSc2nc3c(cnn3-c3ccc(C)cc3C)c(=O)n21. The molecule has 1 saturated heterocycles. The molecule has 9 heteroatoms. The maximum Gasteiger partial charge on any atom is 0.265 e. The molecule has 0 spiro atoms. The Balaban J connectivity index is 1.45. The Morgan fingerprint density at radius 2 is 2.05 bits per heavy atom. The van der Waals surface area contributed by atoms with Gasteiger partial charge in [0.25, 0.3) is 5.56 Å².